The van der Waals surface area contributed by atoms with E-state index in [1.54, 1.807) is 57.5 Å². The fraction of sp³-hybridized carbons (Fsp3) is 0.320. The Hall–Kier alpha value is -3.36. The molecule has 0 radical (unpaired) electrons. The summed E-state index contributed by atoms with van der Waals surface area (Å²) < 4.78 is 11.9. The zero-order chi connectivity index (χ0) is 24.8. The monoisotopic (exact) mass is 485 g/mol. The van der Waals surface area contributed by atoms with Crippen molar-refractivity contribution < 1.29 is 19.4 Å². The van der Waals surface area contributed by atoms with Gasteiger partial charge in [-0.1, -0.05) is 17.7 Å². The molecule has 1 unspecified atom stereocenters. The third kappa shape index (κ3) is 5.58. The summed E-state index contributed by atoms with van der Waals surface area (Å²) in [5, 5.41) is 12.9. The maximum Gasteiger partial charge on any atom is 0.257 e. The van der Waals surface area contributed by atoms with Crippen LogP contribution in [0.4, 0.5) is 0 Å². The molecule has 180 valence electrons. The number of aromatic nitrogens is 2. The number of aliphatic hydroxyl groups is 1. The van der Waals surface area contributed by atoms with E-state index in [9.17, 15) is 14.7 Å². The van der Waals surface area contributed by atoms with Crippen molar-refractivity contribution in [2.75, 3.05) is 20.8 Å². The molecule has 0 aliphatic rings. The number of nitrogens with zero attached hydrogens (tertiary/aromatic N) is 2. The summed E-state index contributed by atoms with van der Waals surface area (Å²) >= 11 is 6.01. The third-order valence-electron chi connectivity index (χ3n) is 5.52. The van der Waals surface area contributed by atoms with Crippen LogP contribution in [0.25, 0.3) is 11.4 Å². The van der Waals surface area contributed by atoms with Crippen LogP contribution in [0.2, 0.25) is 5.02 Å². The van der Waals surface area contributed by atoms with Gasteiger partial charge in [-0.15, -0.1) is 0 Å². The SMILES string of the molecule is COc1ccc(C(C)NC(=O)Cn2c(-c3ccc(Cl)cc3)nc(C)c(CCO)c2=O)cc1OC. The topological polar surface area (TPSA) is 103 Å². The normalized spacial score (nSPS) is 11.7. The lowest BCUT2D eigenvalue weighted by atomic mass is 10.1. The lowest BCUT2D eigenvalue weighted by Crippen LogP contribution is -2.36. The predicted octanol–water partition coefficient (Wildman–Crippen LogP) is 3.30. The van der Waals surface area contributed by atoms with E-state index < -0.39 is 0 Å². The molecule has 0 aliphatic heterocycles. The van der Waals surface area contributed by atoms with Crippen LogP contribution in [0.15, 0.2) is 47.3 Å². The highest BCUT2D eigenvalue weighted by molar-refractivity contribution is 6.30. The van der Waals surface area contributed by atoms with Crippen LogP contribution < -0.4 is 20.3 Å². The van der Waals surface area contributed by atoms with E-state index in [1.807, 2.05) is 13.0 Å². The Morgan fingerprint density at radius 1 is 1.15 bits per heavy atom. The van der Waals surface area contributed by atoms with Crippen molar-refractivity contribution in [3.63, 3.8) is 0 Å². The molecule has 8 nitrogen and oxygen atoms in total. The van der Waals surface area contributed by atoms with Gasteiger partial charge in [0.25, 0.3) is 5.56 Å². The molecular formula is C25H28ClN3O5. The molecule has 0 aliphatic carbocycles. The number of aryl methyl sites for hydroxylation is 1. The number of nitrogens with one attached hydrogen (secondary N) is 1. The number of halogens is 1. The third-order valence-corrected chi connectivity index (χ3v) is 5.77. The van der Waals surface area contributed by atoms with Crippen molar-refractivity contribution in [3.05, 3.63) is 74.7 Å². The van der Waals surface area contributed by atoms with E-state index in [4.69, 9.17) is 21.1 Å². The van der Waals surface area contributed by atoms with Gasteiger partial charge in [-0.25, -0.2) is 4.98 Å². The van der Waals surface area contributed by atoms with E-state index in [2.05, 4.69) is 10.3 Å². The number of carbonyl (C=O) groups excluding carboxylic acids is 1. The molecule has 9 heteroatoms. The van der Waals surface area contributed by atoms with E-state index in [1.165, 1.54) is 4.57 Å². The number of hydrogen-bond acceptors (Lipinski definition) is 6. The summed E-state index contributed by atoms with van der Waals surface area (Å²) in [5.74, 6) is 1.14. The molecule has 1 amide bonds. The van der Waals surface area contributed by atoms with E-state index >= 15 is 0 Å². The molecule has 3 rings (SSSR count). The maximum atomic E-state index is 13.3. The smallest absolute Gasteiger partial charge is 0.257 e. The summed E-state index contributed by atoms with van der Waals surface area (Å²) in [6.45, 7) is 3.13. The average Bonchev–Trinajstić information content (AvgIpc) is 2.83. The van der Waals surface area contributed by atoms with Crippen LogP contribution in [-0.4, -0.2) is 41.4 Å². The standard InChI is InChI=1S/C25H28ClN3O5/c1-15(18-7-10-21(33-3)22(13-18)34-4)27-23(31)14-29-24(17-5-8-19(26)9-6-17)28-16(2)20(11-12-30)25(29)32/h5-10,13,15,30H,11-12,14H2,1-4H3,(H,27,31). The van der Waals surface area contributed by atoms with E-state index in [0.717, 1.165) is 5.56 Å². The lowest BCUT2D eigenvalue weighted by molar-refractivity contribution is -0.122. The Balaban J connectivity index is 1.92. The van der Waals surface area contributed by atoms with E-state index in [-0.39, 0.29) is 37.1 Å². The predicted molar refractivity (Wildman–Crippen MR) is 131 cm³/mol. The zero-order valence-corrected chi connectivity index (χ0v) is 20.3. The molecule has 2 N–H and O–H groups in total. The van der Waals surface area contributed by atoms with Gasteiger partial charge in [0, 0.05) is 34.9 Å². The van der Waals surface area contributed by atoms with Gasteiger partial charge in [-0.3, -0.25) is 14.2 Å². The van der Waals surface area contributed by atoms with Crippen LogP contribution in [-0.2, 0) is 17.8 Å². The van der Waals surface area contributed by atoms with Gasteiger partial charge in [0.2, 0.25) is 5.91 Å². The molecule has 0 saturated carbocycles. The molecule has 34 heavy (non-hydrogen) atoms. The van der Waals surface area contributed by atoms with Crippen molar-refractivity contribution in [2.45, 2.75) is 32.9 Å². The van der Waals surface area contributed by atoms with Gasteiger partial charge in [0.05, 0.1) is 20.3 Å². The molecular weight excluding hydrogens is 458 g/mol. The van der Waals surface area contributed by atoms with Gasteiger partial charge in [-0.05, 0) is 55.8 Å². The van der Waals surface area contributed by atoms with Gasteiger partial charge >= 0.3 is 0 Å². The van der Waals surface area contributed by atoms with Crippen LogP contribution in [0.5, 0.6) is 11.5 Å². The Labute approximate surface area is 203 Å². The van der Waals surface area contributed by atoms with Gasteiger partial charge in [0.15, 0.2) is 11.5 Å². The Kier molecular flexibility index (Phi) is 8.31. The molecule has 0 saturated heterocycles. The highest BCUT2D eigenvalue weighted by atomic mass is 35.5. The first kappa shape index (κ1) is 25.3. The summed E-state index contributed by atoms with van der Waals surface area (Å²) in [6.07, 6.45) is 0.155. The Bertz CT molecular complexity index is 1220. The first-order chi connectivity index (χ1) is 16.3. The number of methoxy groups -OCH3 is 2. The van der Waals surface area contributed by atoms with Crippen molar-refractivity contribution in [1.29, 1.82) is 0 Å². The van der Waals surface area contributed by atoms with Crippen molar-refractivity contribution in [3.8, 4) is 22.9 Å². The Morgan fingerprint density at radius 3 is 2.44 bits per heavy atom. The Morgan fingerprint density at radius 2 is 1.82 bits per heavy atom. The summed E-state index contributed by atoms with van der Waals surface area (Å²) in [4.78, 5) is 30.8. The lowest BCUT2D eigenvalue weighted by Gasteiger charge is -2.19. The largest absolute Gasteiger partial charge is 0.493 e. The number of amides is 1. The van der Waals surface area contributed by atoms with Crippen LogP contribution >= 0.6 is 11.6 Å². The van der Waals surface area contributed by atoms with Crippen molar-refractivity contribution in [1.82, 2.24) is 14.9 Å². The van der Waals surface area contributed by atoms with Gasteiger partial charge < -0.3 is 19.9 Å². The number of benzene rings is 2. The maximum absolute atomic E-state index is 13.3. The number of aliphatic hydroxyl groups excluding tert-OH is 1. The number of hydrogen-bond donors (Lipinski definition) is 2. The summed E-state index contributed by atoms with van der Waals surface area (Å²) in [5.41, 5.74) is 2.00. The first-order valence-corrected chi connectivity index (χ1v) is 11.1. The van der Waals surface area contributed by atoms with Crippen LogP contribution in [0.1, 0.15) is 29.8 Å². The minimum atomic E-state index is -0.361. The molecule has 0 spiro atoms. The molecule has 0 bridgehead atoms. The second-order valence-electron chi connectivity index (χ2n) is 7.77. The highest BCUT2D eigenvalue weighted by Gasteiger charge is 2.19. The summed E-state index contributed by atoms with van der Waals surface area (Å²) in [6, 6.07) is 11.9. The van der Waals surface area contributed by atoms with Crippen molar-refractivity contribution in [2.24, 2.45) is 0 Å². The average molecular weight is 486 g/mol. The van der Waals surface area contributed by atoms with Crippen LogP contribution in [0.3, 0.4) is 0 Å². The summed E-state index contributed by atoms with van der Waals surface area (Å²) in [7, 11) is 3.10. The molecule has 3 aromatic rings. The van der Waals surface area contributed by atoms with Gasteiger partial charge in [0.1, 0.15) is 12.4 Å². The van der Waals surface area contributed by atoms with Crippen molar-refractivity contribution >= 4 is 17.5 Å². The quantitative estimate of drug-likeness (QED) is 0.482. The molecule has 2 aromatic carbocycles. The second kappa shape index (κ2) is 11.2. The molecule has 1 aromatic heterocycles. The van der Waals surface area contributed by atoms with Gasteiger partial charge in [-0.2, -0.15) is 0 Å². The minimum Gasteiger partial charge on any atom is -0.493 e. The number of ether oxygens (including phenoxy) is 2. The molecule has 1 heterocycles. The first-order valence-electron chi connectivity index (χ1n) is 10.8. The second-order valence-corrected chi connectivity index (χ2v) is 8.21. The molecule has 1 atom stereocenters. The molecule has 0 fully saturated rings. The highest BCUT2D eigenvalue weighted by Crippen LogP contribution is 2.30. The van der Waals surface area contributed by atoms with Crippen LogP contribution in [0, 0.1) is 6.92 Å². The number of rotatable bonds is 9. The fourth-order valence-corrected chi connectivity index (χ4v) is 3.83. The number of carbonyl (C=O) groups is 1. The fourth-order valence-electron chi connectivity index (χ4n) is 3.70. The zero-order valence-electron chi connectivity index (χ0n) is 19.6. The van der Waals surface area contributed by atoms with E-state index in [0.29, 0.717) is 39.2 Å². The minimum absolute atomic E-state index is 0.155.